The lowest BCUT2D eigenvalue weighted by Crippen LogP contribution is -2.04. The van der Waals surface area contributed by atoms with Crippen molar-refractivity contribution in [2.45, 2.75) is 6.42 Å². The van der Waals surface area contributed by atoms with Crippen LogP contribution < -0.4 is 5.32 Å². The maximum atomic E-state index is 8.70. The molecule has 0 aromatic carbocycles. The van der Waals surface area contributed by atoms with E-state index in [0.29, 0.717) is 10.0 Å². The number of imidazole rings is 1. The Balaban J connectivity index is 1.88. The van der Waals surface area contributed by atoms with Gasteiger partial charge in [0.1, 0.15) is 10.9 Å². The summed E-state index contributed by atoms with van der Waals surface area (Å²) in [6.45, 7) is 0.719. The highest BCUT2D eigenvalue weighted by Gasteiger charge is 2.07. The lowest BCUT2D eigenvalue weighted by Gasteiger charge is -1.99. The maximum absolute atomic E-state index is 8.70. The van der Waals surface area contributed by atoms with Gasteiger partial charge in [-0.1, -0.05) is 22.9 Å². The Kier molecular flexibility index (Phi) is 3.39. The molecule has 7 heteroatoms. The summed E-state index contributed by atoms with van der Waals surface area (Å²) >= 11 is 7.00. The molecule has 0 aliphatic rings. The number of aromatic amines is 1. The predicted molar refractivity (Wildman–Crippen MR) is 62.6 cm³/mol. The second-order valence-corrected chi connectivity index (χ2v) is 4.36. The number of nitrogens with one attached hydrogen (secondary N) is 2. The van der Waals surface area contributed by atoms with Crippen molar-refractivity contribution in [1.29, 1.82) is 5.26 Å². The minimum atomic E-state index is 0.261. The Morgan fingerprint density at radius 3 is 3.12 bits per heavy atom. The molecule has 2 N–H and O–H groups in total. The Morgan fingerprint density at radius 1 is 1.62 bits per heavy atom. The van der Waals surface area contributed by atoms with Crippen LogP contribution in [0.15, 0.2) is 12.5 Å². The Bertz CT molecular complexity index is 498. The first kappa shape index (κ1) is 10.9. The summed E-state index contributed by atoms with van der Waals surface area (Å²) in [7, 11) is 0. The molecule has 82 valence electrons. The number of hydrogen-bond donors (Lipinski definition) is 2. The first-order chi connectivity index (χ1) is 7.79. The van der Waals surface area contributed by atoms with Crippen LogP contribution in [0.1, 0.15) is 10.6 Å². The SMILES string of the molecule is N#Cc1sc(NCCc2cnc[nH]2)nc1Cl. The van der Waals surface area contributed by atoms with Crippen LogP contribution in [0.5, 0.6) is 0 Å². The van der Waals surface area contributed by atoms with E-state index in [-0.39, 0.29) is 5.15 Å². The quantitative estimate of drug-likeness (QED) is 0.874. The van der Waals surface area contributed by atoms with Crippen LogP contribution in [0.4, 0.5) is 5.13 Å². The van der Waals surface area contributed by atoms with Crippen LogP contribution in [0.2, 0.25) is 5.15 Å². The van der Waals surface area contributed by atoms with Gasteiger partial charge in [0.2, 0.25) is 0 Å². The average Bonchev–Trinajstić information content (AvgIpc) is 2.88. The van der Waals surface area contributed by atoms with Gasteiger partial charge in [-0.25, -0.2) is 9.97 Å². The van der Waals surface area contributed by atoms with E-state index in [1.807, 2.05) is 6.07 Å². The molecule has 0 aliphatic heterocycles. The van der Waals surface area contributed by atoms with Gasteiger partial charge in [0.05, 0.1) is 6.33 Å². The van der Waals surface area contributed by atoms with Crippen LogP contribution in [0.3, 0.4) is 0 Å². The van der Waals surface area contributed by atoms with Crippen LogP contribution in [-0.4, -0.2) is 21.5 Å². The highest BCUT2D eigenvalue weighted by molar-refractivity contribution is 7.16. The summed E-state index contributed by atoms with van der Waals surface area (Å²) in [4.78, 5) is 11.4. The van der Waals surface area contributed by atoms with Gasteiger partial charge in [0.25, 0.3) is 0 Å². The van der Waals surface area contributed by atoms with Gasteiger partial charge in [-0.2, -0.15) is 5.26 Å². The lowest BCUT2D eigenvalue weighted by atomic mass is 10.3. The van der Waals surface area contributed by atoms with Gasteiger partial charge < -0.3 is 10.3 Å². The lowest BCUT2D eigenvalue weighted by molar-refractivity contribution is 0.974. The summed E-state index contributed by atoms with van der Waals surface area (Å²) in [6.07, 6.45) is 4.24. The van der Waals surface area contributed by atoms with Crippen molar-refractivity contribution < 1.29 is 0 Å². The first-order valence-corrected chi connectivity index (χ1v) is 5.76. The number of halogens is 1. The van der Waals surface area contributed by atoms with Crippen molar-refractivity contribution in [1.82, 2.24) is 15.0 Å². The number of nitrogens with zero attached hydrogens (tertiary/aromatic N) is 3. The fourth-order valence-electron chi connectivity index (χ4n) is 1.17. The number of H-pyrrole nitrogens is 1. The molecule has 2 heterocycles. The molecule has 0 radical (unpaired) electrons. The van der Waals surface area contributed by atoms with Gasteiger partial charge in [-0.3, -0.25) is 0 Å². The van der Waals surface area contributed by atoms with Crippen LogP contribution >= 0.6 is 22.9 Å². The molecular weight excluding hydrogens is 246 g/mol. The van der Waals surface area contributed by atoms with Crippen molar-refractivity contribution in [3.63, 3.8) is 0 Å². The van der Waals surface area contributed by atoms with E-state index >= 15 is 0 Å². The molecule has 0 aliphatic carbocycles. The van der Waals surface area contributed by atoms with E-state index in [0.717, 1.165) is 18.7 Å². The van der Waals surface area contributed by atoms with Crippen molar-refractivity contribution in [3.8, 4) is 6.07 Å². The molecule has 0 amide bonds. The fraction of sp³-hybridized carbons (Fsp3) is 0.222. The number of thiazole rings is 1. The Hall–Kier alpha value is -1.58. The zero-order valence-corrected chi connectivity index (χ0v) is 9.77. The third-order valence-corrected chi connectivity index (χ3v) is 3.22. The predicted octanol–water partition coefficient (Wildman–Crippen LogP) is 2.05. The average molecular weight is 254 g/mol. The highest BCUT2D eigenvalue weighted by atomic mass is 35.5. The van der Waals surface area contributed by atoms with Crippen LogP contribution in [-0.2, 0) is 6.42 Å². The zero-order valence-electron chi connectivity index (χ0n) is 8.20. The molecule has 0 atom stereocenters. The summed E-state index contributed by atoms with van der Waals surface area (Å²) in [5.41, 5.74) is 1.05. The molecule has 0 fully saturated rings. The summed E-state index contributed by atoms with van der Waals surface area (Å²) in [5.74, 6) is 0. The van der Waals surface area contributed by atoms with E-state index in [1.54, 1.807) is 12.5 Å². The molecule has 0 saturated carbocycles. The highest BCUT2D eigenvalue weighted by Crippen LogP contribution is 2.25. The molecule has 0 spiro atoms. The number of rotatable bonds is 4. The minimum absolute atomic E-state index is 0.261. The Morgan fingerprint density at radius 2 is 2.50 bits per heavy atom. The second kappa shape index (κ2) is 4.96. The largest absolute Gasteiger partial charge is 0.361 e. The molecular formula is C9H8ClN5S. The third-order valence-electron chi connectivity index (χ3n) is 1.91. The van der Waals surface area contributed by atoms with E-state index in [1.165, 1.54) is 11.3 Å². The van der Waals surface area contributed by atoms with Crippen LogP contribution in [0, 0.1) is 11.3 Å². The smallest absolute Gasteiger partial charge is 0.185 e. The van der Waals surface area contributed by atoms with Gasteiger partial charge in [-0.15, -0.1) is 0 Å². The molecule has 5 nitrogen and oxygen atoms in total. The molecule has 0 saturated heterocycles. The van der Waals surface area contributed by atoms with Gasteiger partial charge in [0.15, 0.2) is 10.3 Å². The molecule has 0 unspecified atom stereocenters. The molecule has 2 aromatic heterocycles. The van der Waals surface area contributed by atoms with E-state index in [9.17, 15) is 0 Å². The van der Waals surface area contributed by atoms with E-state index < -0.39 is 0 Å². The molecule has 0 bridgehead atoms. The maximum Gasteiger partial charge on any atom is 0.185 e. The topological polar surface area (TPSA) is 77.4 Å². The van der Waals surface area contributed by atoms with Gasteiger partial charge in [-0.05, 0) is 0 Å². The normalized spacial score (nSPS) is 10.0. The molecule has 2 aromatic rings. The van der Waals surface area contributed by atoms with Gasteiger partial charge >= 0.3 is 0 Å². The monoisotopic (exact) mass is 253 g/mol. The third kappa shape index (κ3) is 2.51. The van der Waals surface area contributed by atoms with Crippen molar-refractivity contribution in [3.05, 3.63) is 28.2 Å². The van der Waals surface area contributed by atoms with Crippen molar-refractivity contribution >= 4 is 28.1 Å². The summed E-state index contributed by atoms with van der Waals surface area (Å²) in [6, 6.07) is 1.99. The second-order valence-electron chi connectivity index (χ2n) is 3.00. The summed E-state index contributed by atoms with van der Waals surface area (Å²) < 4.78 is 0. The van der Waals surface area contributed by atoms with E-state index in [2.05, 4.69) is 20.3 Å². The number of anilines is 1. The first-order valence-electron chi connectivity index (χ1n) is 4.57. The summed E-state index contributed by atoms with van der Waals surface area (Å²) in [5, 5.41) is 12.7. The van der Waals surface area contributed by atoms with Gasteiger partial charge in [0, 0.05) is 24.9 Å². The van der Waals surface area contributed by atoms with Crippen LogP contribution in [0.25, 0.3) is 0 Å². The minimum Gasteiger partial charge on any atom is -0.361 e. The van der Waals surface area contributed by atoms with E-state index in [4.69, 9.17) is 16.9 Å². The fourth-order valence-corrected chi connectivity index (χ4v) is 2.14. The van der Waals surface area contributed by atoms with Crippen molar-refractivity contribution in [2.75, 3.05) is 11.9 Å². The number of hydrogen-bond acceptors (Lipinski definition) is 5. The molecule has 16 heavy (non-hydrogen) atoms. The number of nitriles is 1. The van der Waals surface area contributed by atoms with Crippen molar-refractivity contribution in [2.24, 2.45) is 0 Å². The molecule has 2 rings (SSSR count). The zero-order chi connectivity index (χ0) is 11.4. The number of aromatic nitrogens is 3. The standard InChI is InChI=1S/C9H8ClN5S/c10-8-7(3-11)16-9(15-8)13-2-1-6-4-12-5-14-6/h4-5H,1-2H2,(H,12,14)(H,13,15). The Labute approximate surface area is 101 Å².